The van der Waals surface area contributed by atoms with E-state index in [1.54, 1.807) is 0 Å². The molecular formula is C20H43NO2. The van der Waals surface area contributed by atoms with Crippen LogP contribution in [0.2, 0.25) is 0 Å². The molecule has 0 aromatic carbocycles. The first-order chi connectivity index (χ1) is 11.0. The van der Waals surface area contributed by atoms with Crippen LogP contribution >= 0.6 is 0 Å². The van der Waals surface area contributed by atoms with Gasteiger partial charge < -0.3 is 14.4 Å². The Labute approximate surface area is 146 Å². The van der Waals surface area contributed by atoms with Crippen LogP contribution in [0.3, 0.4) is 0 Å². The molecule has 0 saturated carbocycles. The molecule has 0 radical (unpaired) electrons. The van der Waals surface area contributed by atoms with Gasteiger partial charge >= 0.3 is 0 Å². The molecule has 0 fully saturated rings. The Balaban J connectivity index is 0. The van der Waals surface area contributed by atoms with Gasteiger partial charge in [-0.2, -0.15) is 0 Å². The molecule has 0 unspecified atom stereocenters. The largest absolute Gasteiger partial charge is 0.550 e. The van der Waals surface area contributed by atoms with Gasteiger partial charge in [0.25, 0.3) is 0 Å². The number of aliphatic carboxylic acids is 1. The van der Waals surface area contributed by atoms with Crippen molar-refractivity contribution in [2.24, 2.45) is 0 Å². The number of hydrogen-bond donors (Lipinski definition) is 0. The maximum atomic E-state index is 8.89. The lowest BCUT2D eigenvalue weighted by atomic mass is 10.1. The maximum Gasteiger partial charge on any atom is 0.0786 e. The summed E-state index contributed by atoms with van der Waals surface area (Å²) in [4.78, 5) is 8.89. The minimum absolute atomic E-state index is 0.972. The van der Waals surface area contributed by atoms with Crippen LogP contribution in [-0.4, -0.2) is 36.6 Å². The van der Waals surface area contributed by atoms with Crippen molar-refractivity contribution in [3.63, 3.8) is 0 Å². The normalized spacial score (nSPS) is 11.0. The number of unbranched alkanes of at least 4 members (excludes halogenated alkanes) is 9. The molecule has 0 saturated heterocycles. The molecule has 0 amide bonds. The maximum absolute atomic E-state index is 8.89. The lowest BCUT2D eigenvalue weighted by Gasteiger charge is -2.35. The van der Waals surface area contributed by atoms with Crippen LogP contribution in [0.4, 0.5) is 0 Å². The zero-order valence-corrected chi connectivity index (χ0v) is 16.7. The summed E-state index contributed by atoms with van der Waals surface area (Å²) >= 11 is 0. The number of quaternary nitrogens is 1. The van der Waals surface area contributed by atoms with E-state index in [1.807, 2.05) is 0 Å². The Hall–Kier alpha value is -0.570. The van der Waals surface area contributed by atoms with E-state index in [9.17, 15) is 0 Å². The smallest absolute Gasteiger partial charge is 0.0786 e. The van der Waals surface area contributed by atoms with E-state index in [0.29, 0.717) is 0 Å². The molecule has 0 aromatic heterocycles. The Morgan fingerprint density at radius 3 is 1.30 bits per heavy atom. The lowest BCUT2D eigenvalue weighted by molar-refractivity contribution is -0.923. The predicted molar refractivity (Wildman–Crippen MR) is 99.3 cm³/mol. The summed E-state index contributed by atoms with van der Waals surface area (Å²) < 4.78 is 1.33. The van der Waals surface area contributed by atoms with Crippen LogP contribution in [0.15, 0.2) is 0 Å². The number of carboxylic acids is 1. The Kier molecular flexibility index (Phi) is 19.1. The number of carbonyl (C=O) groups is 1. The first-order valence-electron chi connectivity index (χ1n) is 10.0. The molecule has 0 atom stereocenters. The average molecular weight is 330 g/mol. The number of nitrogens with zero attached hydrogens (tertiary/aromatic N) is 1. The molecule has 0 heterocycles. The van der Waals surface area contributed by atoms with Crippen LogP contribution in [0.5, 0.6) is 0 Å². The zero-order valence-electron chi connectivity index (χ0n) is 16.7. The number of carbonyl (C=O) groups excluding carboxylic acids is 1. The highest BCUT2D eigenvalue weighted by atomic mass is 16.4. The van der Waals surface area contributed by atoms with Gasteiger partial charge in [-0.15, -0.1) is 0 Å². The SMILES string of the molecule is CC(=O)[O-].CCCCCCCCCCCC[N+](CC)(CC)CC. The Morgan fingerprint density at radius 1 is 0.696 bits per heavy atom. The molecule has 0 aliphatic rings. The second kappa shape index (κ2) is 17.8. The number of hydrogen-bond acceptors (Lipinski definition) is 2. The van der Waals surface area contributed by atoms with Crippen molar-refractivity contribution in [1.29, 1.82) is 0 Å². The summed E-state index contributed by atoms with van der Waals surface area (Å²) in [6, 6.07) is 0. The summed E-state index contributed by atoms with van der Waals surface area (Å²) in [5.74, 6) is -1.08. The van der Waals surface area contributed by atoms with Gasteiger partial charge in [0.2, 0.25) is 0 Å². The van der Waals surface area contributed by atoms with Crippen LogP contribution in [-0.2, 0) is 4.79 Å². The molecule has 3 nitrogen and oxygen atoms in total. The van der Waals surface area contributed by atoms with Crippen LogP contribution in [0.1, 0.15) is 98.8 Å². The Morgan fingerprint density at radius 2 is 1.00 bits per heavy atom. The van der Waals surface area contributed by atoms with E-state index in [2.05, 4.69) is 27.7 Å². The van der Waals surface area contributed by atoms with Crippen molar-refractivity contribution < 1.29 is 14.4 Å². The van der Waals surface area contributed by atoms with Crippen molar-refractivity contribution >= 4 is 5.97 Å². The predicted octanol–water partition coefficient (Wildman–Crippen LogP) is 4.54. The summed E-state index contributed by atoms with van der Waals surface area (Å²) in [5.41, 5.74) is 0. The van der Waals surface area contributed by atoms with Crippen molar-refractivity contribution in [1.82, 2.24) is 0 Å². The first-order valence-corrected chi connectivity index (χ1v) is 10.0. The molecule has 23 heavy (non-hydrogen) atoms. The van der Waals surface area contributed by atoms with E-state index in [1.165, 1.54) is 94.9 Å². The monoisotopic (exact) mass is 329 g/mol. The summed E-state index contributed by atoms with van der Waals surface area (Å²) in [6.45, 7) is 15.6. The first kappa shape index (κ1) is 24.7. The molecule has 0 bridgehead atoms. The molecule has 0 spiro atoms. The summed E-state index contributed by atoms with van der Waals surface area (Å²) in [7, 11) is 0. The Bertz CT molecular complexity index is 238. The van der Waals surface area contributed by atoms with E-state index < -0.39 is 5.97 Å². The third-order valence-corrected chi connectivity index (χ3v) is 5.00. The van der Waals surface area contributed by atoms with E-state index >= 15 is 0 Å². The minimum Gasteiger partial charge on any atom is -0.550 e. The standard InChI is InChI=1S/C18H40N.C2H4O2/c1-5-9-10-11-12-13-14-15-16-17-18-19(6-2,7-3)8-4;1-2(3)4/h5-18H2,1-4H3;1H3,(H,3,4)/q+1;/p-1. The fourth-order valence-electron chi connectivity index (χ4n) is 3.08. The number of carboxylic acid groups (broad SMARTS) is 1. The molecule has 0 aromatic rings. The van der Waals surface area contributed by atoms with Gasteiger partial charge in [0, 0.05) is 5.97 Å². The van der Waals surface area contributed by atoms with Crippen LogP contribution in [0, 0.1) is 0 Å². The third-order valence-electron chi connectivity index (χ3n) is 5.00. The van der Waals surface area contributed by atoms with Crippen molar-refractivity contribution in [3.8, 4) is 0 Å². The third kappa shape index (κ3) is 17.6. The van der Waals surface area contributed by atoms with Gasteiger partial charge in [0.05, 0.1) is 26.2 Å². The fraction of sp³-hybridized carbons (Fsp3) is 0.950. The van der Waals surface area contributed by atoms with Gasteiger partial charge in [-0.3, -0.25) is 0 Å². The van der Waals surface area contributed by atoms with Crippen molar-refractivity contribution in [2.75, 3.05) is 26.2 Å². The average Bonchev–Trinajstić information content (AvgIpc) is 2.53. The van der Waals surface area contributed by atoms with Crippen molar-refractivity contribution in [2.45, 2.75) is 98.8 Å². The zero-order chi connectivity index (χ0) is 18.0. The van der Waals surface area contributed by atoms with Gasteiger partial charge in [-0.1, -0.05) is 58.3 Å². The van der Waals surface area contributed by atoms with E-state index in [0.717, 1.165) is 6.92 Å². The van der Waals surface area contributed by atoms with Gasteiger partial charge in [-0.05, 0) is 40.5 Å². The minimum atomic E-state index is -1.08. The molecule has 0 rings (SSSR count). The topological polar surface area (TPSA) is 40.1 Å². The fourth-order valence-corrected chi connectivity index (χ4v) is 3.08. The highest BCUT2D eigenvalue weighted by Crippen LogP contribution is 2.13. The molecule has 140 valence electrons. The lowest BCUT2D eigenvalue weighted by Crippen LogP contribution is -2.48. The van der Waals surface area contributed by atoms with Crippen LogP contribution in [0.25, 0.3) is 0 Å². The summed E-state index contributed by atoms with van der Waals surface area (Å²) in [5, 5.41) is 8.89. The quantitative estimate of drug-likeness (QED) is 0.347. The highest BCUT2D eigenvalue weighted by molar-refractivity contribution is 5.60. The van der Waals surface area contributed by atoms with Gasteiger partial charge in [0.15, 0.2) is 0 Å². The van der Waals surface area contributed by atoms with Gasteiger partial charge in [-0.25, -0.2) is 0 Å². The summed E-state index contributed by atoms with van der Waals surface area (Å²) in [6.07, 6.45) is 14.5. The van der Waals surface area contributed by atoms with Crippen LogP contribution < -0.4 is 5.11 Å². The molecular weight excluding hydrogens is 286 g/mol. The molecule has 0 aliphatic heterocycles. The molecule has 0 aliphatic carbocycles. The molecule has 3 heteroatoms. The molecule has 0 N–H and O–H groups in total. The number of rotatable bonds is 14. The second-order valence-electron chi connectivity index (χ2n) is 6.69. The highest BCUT2D eigenvalue weighted by Gasteiger charge is 2.19. The van der Waals surface area contributed by atoms with E-state index in [-0.39, 0.29) is 0 Å². The van der Waals surface area contributed by atoms with Gasteiger partial charge in [0.1, 0.15) is 0 Å². The second-order valence-corrected chi connectivity index (χ2v) is 6.69. The van der Waals surface area contributed by atoms with Crippen molar-refractivity contribution in [3.05, 3.63) is 0 Å². The van der Waals surface area contributed by atoms with E-state index in [4.69, 9.17) is 9.90 Å².